The molecular formula is C15H17N5O. The van der Waals surface area contributed by atoms with Gasteiger partial charge >= 0.3 is 0 Å². The van der Waals surface area contributed by atoms with Crippen molar-refractivity contribution in [3.05, 3.63) is 47.7 Å². The molecule has 108 valence electrons. The topological polar surface area (TPSA) is 75.6 Å². The van der Waals surface area contributed by atoms with Gasteiger partial charge in [-0.3, -0.25) is 9.89 Å². The van der Waals surface area contributed by atoms with Crippen molar-refractivity contribution in [2.24, 2.45) is 0 Å². The number of rotatable bonds is 4. The maximum Gasteiger partial charge on any atom is 0.272 e. The van der Waals surface area contributed by atoms with E-state index in [1.807, 2.05) is 44.3 Å². The Balaban J connectivity index is 1.67. The van der Waals surface area contributed by atoms with E-state index in [1.54, 1.807) is 0 Å². The third-order valence-corrected chi connectivity index (χ3v) is 3.56. The molecule has 1 amide bonds. The Kier molecular flexibility index (Phi) is 3.43. The van der Waals surface area contributed by atoms with Crippen molar-refractivity contribution in [1.82, 2.24) is 25.1 Å². The number of para-hydroxylation sites is 1. The van der Waals surface area contributed by atoms with Crippen molar-refractivity contribution in [1.29, 1.82) is 0 Å². The largest absolute Gasteiger partial charge is 0.349 e. The standard InChI is InChI=1S/C15H17N5O/c1-10-9-17-11(2)20(10)8-7-16-15(21)14-12-5-3-4-6-13(12)18-19-14/h3-6,9H,7-8H2,1-2H3,(H,16,21)(H,18,19). The van der Waals surface area contributed by atoms with E-state index < -0.39 is 0 Å². The lowest BCUT2D eigenvalue weighted by Gasteiger charge is -2.08. The van der Waals surface area contributed by atoms with Gasteiger partial charge in [0.15, 0.2) is 5.69 Å². The molecule has 0 bridgehead atoms. The Morgan fingerprint density at radius 3 is 2.90 bits per heavy atom. The fourth-order valence-corrected chi connectivity index (χ4v) is 2.42. The number of carbonyl (C=O) groups excluding carboxylic acids is 1. The molecule has 2 N–H and O–H groups in total. The van der Waals surface area contributed by atoms with Gasteiger partial charge in [0.25, 0.3) is 5.91 Å². The summed E-state index contributed by atoms with van der Waals surface area (Å²) < 4.78 is 2.07. The molecule has 0 radical (unpaired) electrons. The Hall–Kier alpha value is -2.63. The molecule has 2 heterocycles. The molecule has 21 heavy (non-hydrogen) atoms. The molecule has 3 rings (SSSR count). The van der Waals surface area contributed by atoms with Crippen molar-refractivity contribution in [3.8, 4) is 0 Å². The SMILES string of the molecule is Cc1cnc(C)n1CCNC(=O)c1n[nH]c2ccccc12. The predicted octanol–water partition coefficient (Wildman–Crippen LogP) is 1.81. The second-order valence-electron chi connectivity index (χ2n) is 4.97. The van der Waals surface area contributed by atoms with Crippen LogP contribution in [0.2, 0.25) is 0 Å². The summed E-state index contributed by atoms with van der Waals surface area (Å²) in [5, 5.41) is 10.7. The highest BCUT2D eigenvalue weighted by Crippen LogP contribution is 2.14. The molecule has 6 nitrogen and oxygen atoms in total. The summed E-state index contributed by atoms with van der Waals surface area (Å²) in [6, 6.07) is 7.59. The van der Waals surface area contributed by atoms with Gasteiger partial charge in [0.1, 0.15) is 5.82 Å². The van der Waals surface area contributed by atoms with E-state index in [0.29, 0.717) is 18.8 Å². The van der Waals surface area contributed by atoms with Crippen LogP contribution in [0.5, 0.6) is 0 Å². The minimum absolute atomic E-state index is 0.164. The molecule has 6 heteroatoms. The third kappa shape index (κ3) is 2.52. The molecular weight excluding hydrogens is 266 g/mol. The summed E-state index contributed by atoms with van der Waals surface area (Å²) in [6.07, 6.45) is 1.83. The first-order valence-electron chi connectivity index (χ1n) is 6.87. The van der Waals surface area contributed by atoms with Crippen LogP contribution in [0.3, 0.4) is 0 Å². The smallest absolute Gasteiger partial charge is 0.272 e. The number of hydrogen-bond acceptors (Lipinski definition) is 3. The van der Waals surface area contributed by atoms with E-state index in [-0.39, 0.29) is 5.91 Å². The number of imidazole rings is 1. The Labute approximate surface area is 122 Å². The van der Waals surface area contributed by atoms with Crippen LogP contribution in [0.1, 0.15) is 22.0 Å². The minimum Gasteiger partial charge on any atom is -0.349 e. The molecule has 0 aliphatic carbocycles. The number of aromatic amines is 1. The van der Waals surface area contributed by atoms with Crippen LogP contribution in [0.4, 0.5) is 0 Å². The zero-order valence-electron chi connectivity index (χ0n) is 12.1. The first-order chi connectivity index (χ1) is 10.2. The van der Waals surface area contributed by atoms with Gasteiger partial charge in [-0.05, 0) is 19.9 Å². The van der Waals surface area contributed by atoms with Crippen molar-refractivity contribution in [2.45, 2.75) is 20.4 Å². The number of amides is 1. The van der Waals surface area contributed by atoms with Crippen molar-refractivity contribution in [3.63, 3.8) is 0 Å². The number of hydrogen-bond donors (Lipinski definition) is 2. The maximum atomic E-state index is 12.2. The summed E-state index contributed by atoms with van der Waals surface area (Å²) in [5.41, 5.74) is 2.39. The second kappa shape index (κ2) is 5.40. The zero-order chi connectivity index (χ0) is 14.8. The van der Waals surface area contributed by atoms with Gasteiger partial charge in [0, 0.05) is 30.4 Å². The zero-order valence-corrected chi connectivity index (χ0v) is 12.1. The van der Waals surface area contributed by atoms with E-state index in [9.17, 15) is 4.79 Å². The molecule has 0 atom stereocenters. The Morgan fingerprint density at radius 2 is 2.14 bits per heavy atom. The molecule has 0 unspecified atom stereocenters. The number of fused-ring (bicyclic) bond motifs is 1. The van der Waals surface area contributed by atoms with Gasteiger partial charge in [-0.15, -0.1) is 0 Å². The van der Waals surface area contributed by atoms with Gasteiger partial charge in [0.05, 0.1) is 5.52 Å². The highest BCUT2D eigenvalue weighted by atomic mass is 16.1. The van der Waals surface area contributed by atoms with E-state index in [0.717, 1.165) is 22.4 Å². The summed E-state index contributed by atoms with van der Waals surface area (Å²) >= 11 is 0. The molecule has 1 aromatic carbocycles. The molecule has 0 saturated carbocycles. The highest BCUT2D eigenvalue weighted by Gasteiger charge is 2.13. The number of carbonyl (C=O) groups is 1. The first kappa shape index (κ1) is 13.4. The second-order valence-corrected chi connectivity index (χ2v) is 4.97. The van der Waals surface area contributed by atoms with Crippen molar-refractivity contribution < 1.29 is 4.79 Å². The van der Waals surface area contributed by atoms with E-state index >= 15 is 0 Å². The summed E-state index contributed by atoms with van der Waals surface area (Å²) in [4.78, 5) is 16.4. The molecule has 0 aliphatic rings. The van der Waals surface area contributed by atoms with Crippen LogP contribution in [-0.2, 0) is 6.54 Å². The van der Waals surface area contributed by atoms with Gasteiger partial charge in [-0.2, -0.15) is 5.10 Å². The van der Waals surface area contributed by atoms with Crippen LogP contribution in [-0.4, -0.2) is 32.2 Å². The lowest BCUT2D eigenvalue weighted by atomic mass is 10.2. The quantitative estimate of drug-likeness (QED) is 0.766. The van der Waals surface area contributed by atoms with Crippen LogP contribution in [0.25, 0.3) is 10.9 Å². The number of H-pyrrole nitrogens is 1. The summed E-state index contributed by atoms with van der Waals surface area (Å²) in [6.45, 7) is 5.20. The lowest BCUT2D eigenvalue weighted by Crippen LogP contribution is -2.28. The molecule has 3 aromatic rings. The van der Waals surface area contributed by atoms with Gasteiger partial charge < -0.3 is 9.88 Å². The first-order valence-corrected chi connectivity index (χ1v) is 6.87. The Bertz CT molecular complexity index is 767. The van der Waals surface area contributed by atoms with E-state index in [1.165, 1.54) is 0 Å². The Morgan fingerprint density at radius 1 is 1.33 bits per heavy atom. The average molecular weight is 283 g/mol. The summed E-state index contributed by atoms with van der Waals surface area (Å²) in [7, 11) is 0. The normalized spacial score (nSPS) is 11.0. The monoisotopic (exact) mass is 283 g/mol. The summed E-state index contributed by atoms with van der Waals surface area (Å²) in [5.74, 6) is 0.787. The number of aryl methyl sites for hydroxylation is 2. The number of nitrogens with one attached hydrogen (secondary N) is 2. The number of nitrogens with zero attached hydrogens (tertiary/aromatic N) is 3. The van der Waals surface area contributed by atoms with E-state index in [4.69, 9.17) is 0 Å². The molecule has 2 aromatic heterocycles. The van der Waals surface area contributed by atoms with E-state index in [2.05, 4.69) is 25.1 Å². The van der Waals surface area contributed by atoms with Gasteiger partial charge in [-0.25, -0.2) is 4.98 Å². The van der Waals surface area contributed by atoms with Gasteiger partial charge in [-0.1, -0.05) is 18.2 Å². The lowest BCUT2D eigenvalue weighted by molar-refractivity contribution is 0.0948. The van der Waals surface area contributed by atoms with Gasteiger partial charge in [0.2, 0.25) is 0 Å². The van der Waals surface area contributed by atoms with Crippen molar-refractivity contribution >= 4 is 16.8 Å². The fraction of sp³-hybridized carbons (Fsp3) is 0.267. The highest BCUT2D eigenvalue weighted by molar-refractivity contribution is 6.04. The van der Waals surface area contributed by atoms with Crippen molar-refractivity contribution in [2.75, 3.05) is 6.54 Å². The maximum absolute atomic E-state index is 12.2. The van der Waals surface area contributed by atoms with Crippen LogP contribution in [0.15, 0.2) is 30.5 Å². The fourth-order valence-electron chi connectivity index (χ4n) is 2.42. The average Bonchev–Trinajstić information content (AvgIpc) is 3.05. The van der Waals surface area contributed by atoms with Crippen LogP contribution < -0.4 is 5.32 Å². The number of aromatic nitrogens is 4. The molecule has 0 aliphatic heterocycles. The van der Waals surface area contributed by atoms with Crippen LogP contribution in [0, 0.1) is 13.8 Å². The molecule has 0 fully saturated rings. The number of benzene rings is 1. The predicted molar refractivity (Wildman–Crippen MR) is 80.1 cm³/mol. The molecule has 0 saturated heterocycles. The van der Waals surface area contributed by atoms with Crippen LogP contribution >= 0.6 is 0 Å². The third-order valence-electron chi connectivity index (χ3n) is 3.56. The minimum atomic E-state index is -0.164. The molecule has 0 spiro atoms.